The Kier molecular flexibility index (Phi) is 2.90. The minimum absolute atomic E-state index is 1.05. The maximum absolute atomic E-state index is 4.59. The van der Waals surface area contributed by atoms with Crippen LogP contribution in [-0.2, 0) is 7.05 Å². The molecule has 18 heavy (non-hydrogen) atoms. The molecule has 3 heteroatoms. The Hall–Kier alpha value is -2.00. The van der Waals surface area contributed by atoms with Crippen molar-refractivity contribution >= 4 is 11.3 Å². The van der Waals surface area contributed by atoms with Crippen molar-refractivity contribution in [2.24, 2.45) is 7.05 Å². The van der Waals surface area contributed by atoms with Gasteiger partial charge in [-0.25, -0.2) is 0 Å². The number of hydrogen-bond donors (Lipinski definition) is 0. The zero-order valence-electron chi connectivity index (χ0n) is 10.1. The van der Waals surface area contributed by atoms with Gasteiger partial charge in [0.05, 0.1) is 5.56 Å². The summed E-state index contributed by atoms with van der Waals surface area (Å²) in [4.78, 5) is 0. The van der Waals surface area contributed by atoms with E-state index in [1.165, 1.54) is 16.1 Å². The van der Waals surface area contributed by atoms with Crippen molar-refractivity contribution in [2.75, 3.05) is 0 Å². The first-order valence-electron chi connectivity index (χ1n) is 5.82. The van der Waals surface area contributed by atoms with Gasteiger partial charge < -0.3 is 0 Å². The first-order chi connectivity index (χ1) is 8.84. The van der Waals surface area contributed by atoms with Crippen LogP contribution in [0.1, 0.15) is 0 Å². The lowest BCUT2D eigenvalue weighted by Crippen LogP contribution is -2.31. The highest BCUT2D eigenvalue weighted by Crippen LogP contribution is 2.28. The molecule has 2 nitrogen and oxygen atoms in total. The summed E-state index contributed by atoms with van der Waals surface area (Å²) in [5.41, 5.74) is 2.37. The number of nitrogens with zero attached hydrogens (tertiary/aromatic N) is 2. The normalized spacial score (nSPS) is 10.5. The van der Waals surface area contributed by atoms with Gasteiger partial charge in [-0.05, 0) is 23.5 Å². The van der Waals surface area contributed by atoms with Crippen LogP contribution in [0.4, 0.5) is 0 Å². The molecule has 0 aliphatic heterocycles. The zero-order chi connectivity index (χ0) is 12.4. The molecule has 0 bridgehead atoms. The fraction of sp³-hybridized carbons (Fsp3) is 0.0667. The van der Waals surface area contributed by atoms with Gasteiger partial charge >= 0.3 is 0 Å². The first kappa shape index (κ1) is 11.1. The van der Waals surface area contributed by atoms with E-state index >= 15 is 0 Å². The third-order valence-electron chi connectivity index (χ3n) is 2.77. The third-order valence-corrected chi connectivity index (χ3v) is 3.97. The van der Waals surface area contributed by atoms with Crippen LogP contribution in [0.3, 0.4) is 0 Å². The van der Waals surface area contributed by atoms with Gasteiger partial charge in [0.15, 0.2) is 12.1 Å². The molecule has 3 rings (SSSR count). The maximum Gasteiger partial charge on any atom is 0.296 e. The van der Waals surface area contributed by atoms with Crippen molar-refractivity contribution in [1.29, 1.82) is 0 Å². The number of benzene rings is 2. The van der Waals surface area contributed by atoms with Crippen molar-refractivity contribution in [3.63, 3.8) is 0 Å². The van der Waals surface area contributed by atoms with Crippen LogP contribution in [0.15, 0.2) is 60.7 Å². The van der Waals surface area contributed by atoms with Gasteiger partial charge in [-0.3, -0.25) is 0 Å². The molecule has 1 aromatic heterocycles. The zero-order valence-corrected chi connectivity index (χ0v) is 10.9. The molecule has 0 atom stereocenters. The average Bonchev–Trinajstić information content (AvgIpc) is 2.83. The van der Waals surface area contributed by atoms with Gasteiger partial charge in [0.1, 0.15) is 0 Å². The highest BCUT2D eigenvalue weighted by atomic mass is 32.1. The van der Waals surface area contributed by atoms with Crippen LogP contribution in [0.25, 0.3) is 21.1 Å². The molecule has 0 amide bonds. The minimum atomic E-state index is 1.05. The van der Waals surface area contributed by atoms with E-state index in [2.05, 4.69) is 41.5 Å². The van der Waals surface area contributed by atoms with Gasteiger partial charge in [-0.2, -0.15) is 0 Å². The van der Waals surface area contributed by atoms with Gasteiger partial charge in [-0.1, -0.05) is 53.2 Å². The van der Waals surface area contributed by atoms with Crippen LogP contribution in [0, 0.1) is 0 Å². The number of aryl methyl sites for hydroxylation is 1. The third kappa shape index (κ3) is 2.05. The molecule has 0 saturated carbocycles. The molecule has 2 aromatic carbocycles. The summed E-state index contributed by atoms with van der Waals surface area (Å²) in [5, 5.41) is 6.82. The Labute approximate surface area is 110 Å². The standard InChI is InChI=1S/C15H13N2S/c1-17-15(13-10-6-3-7-11-13)18-14(16-17)12-8-4-2-5-9-12/h2-11H,1H3/q+1. The van der Waals surface area contributed by atoms with E-state index in [4.69, 9.17) is 0 Å². The number of hydrogen-bond acceptors (Lipinski definition) is 2. The summed E-state index contributed by atoms with van der Waals surface area (Å²) in [6.07, 6.45) is 0. The lowest BCUT2D eigenvalue weighted by atomic mass is 10.2. The van der Waals surface area contributed by atoms with E-state index in [1.807, 2.05) is 36.0 Å². The van der Waals surface area contributed by atoms with Crippen LogP contribution >= 0.6 is 11.3 Å². The smallest absolute Gasteiger partial charge is 0.0748 e. The molecule has 0 saturated heterocycles. The highest BCUT2D eigenvalue weighted by Gasteiger charge is 2.18. The number of rotatable bonds is 2. The Bertz CT molecular complexity index is 645. The summed E-state index contributed by atoms with van der Waals surface area (Å²) in [5.74, 6) is 0. The maximum atomic E-state index is 4.59. The van der Waals surface area contributed by atoms with Crippen LogP contribution in [-0.4, -0.2) is 5.10 Å². The summed E-state index contributed by atoms with van der Waals surface area (Å²) in [7, 11) is 1.99. The lowest BCUT2D eigenvalue weighted by Gasteiger charge is -1.90. The molecule has 0 aliphatic carbocycles. The molecular formula is C15H13N2S+. The molecule has 0 radical (unpaired) electrons. The second kappa shape index (κ2) is 4.70. The van der Waals surface area contributed by atoms with E-state index in [1.54, 1.807) is 11.3 Å². The van der Waals surface area contributed by atoms with E-state index in [-0.39, 0.29) is 0 Å². The second-order valence-corrected chi connectivity index (χ2v) is 5.05. The van der Waals surface area contributed by atoms with Gasteiger partial charge in [0.25, 0.3) is 5.01 Å². The fourth-order valence-corrected chi connectivity index (χ4v) is 2.91. The average molecular weight is 253 g/mol. The van der Waals surface area contributed by atoms with Crippen LogP contribution in [0.2, 0.25) is 0 Å². The molecule has 0 unspecified atom stereocenters. The SMILES string of the molecule is C[n+]1nc(-c2ccccc2)sc1-c1ccccc1. The van der Waals surface area contributed by atoms with Crippen molar-refractivity contribution in [1.82, 2.24) is 5.10 Å². The van der Waals surface area contributed by atoms with Crippen molar-refractivity contribution in [3.05, 3.63) is 60.7 Å². The Morgan fingerprint density at radius 1 is 0.833 bits per heavy atom. The van der Waals surface area contributed by atoms with Crippen LogP contribution < -0.4 is 4.68 Å². The summed E-state index contributed by atoms with van der Waals surface area (Å²) in [6.45, 7) is 0. The molecule has 3 aromatic rings. The van der Waals surface area contributed by atoms with E-state index in [0.717, 1.165) is 5.01 Å². The Morgan fingerprint density at radius 2 is 1.39 bits per heavy atom. The van der Waals surface area contributed by atoms with Crippen molar-refractivity contribution in [2.45, 2.75) is 0 Å². The second-order valence-electron chi connectivity index (χ2n) is 4.07. The molecular weight excluding hydrogens is 240 g/mol. The van der Waals surface area contributed by atoms with Gasteiger partial charge in [-0.15, -0.1) is 0 Å². The predicted molar refractivity (Wildman–Crippen MR) is 74.2 cm³/mol. The van der Waals surface area contributed by atoms with Crippen LogP contribution in [0.5, 0.6) is 0 Å². The molecule has 1 heterocycles. The molecule has 0 N–H and O–H groups in total. The Balaban J connectivity index is 2.07. The number of aromatic nitrogens is 2. The summed E-state index contributed by atoms with van der Waals surface area (Å²) >= 11 is 1.72. The predicted octanol–water partition coefficient (Wildman–Crippen LogP) is 3.30. The lowest BCUT2D eigenvalue weighted by molar-refractivity contribution is -0.714. The summed E-state index contributed by atoms with van der Waals surface area (Å²) < 4.78 is 1.95. The molecule has 88 valence electrons. The summed E-state index contributed by atoms with van der Waals surface area (Å²) in [6, 6.07) is 20.6. The largest absolute Gasteiger partial charge is 0.296 e. The van der Waals surface area contributed by atoms with Crippen molar-refractivity contribution < 1.29 is 4.68 Å². The van der Waals surface area contributed by atoms with Crippen molar-refractivity contribution in [3.8, 4) is 21.1 Å². The van der Waals surface area contributed by atoms with Gasteiger partial charge in [0.2, 0.25) is 0 Å². The molecule has 0 aliphatic rings. The first-order valence-corrected chi connectivity index (χ1v) is 6.64. The monoisotopic (exact) mass is 253 g/mol. The fourth-order valence-electron chi connectivity index (χ4n) is 1.88. The van der Waals surface area contributed by atoms with E-state index in [9.17, 15) is 0 Å². The molecule has 0 spiro atoms. The quantitative estimate of drug-likeness (QED) is 0.640. The minimum Gasteiger partial charge on any atom is -0.0748 e. The molecule has 0 fully saturated rings. The highest BCUT2D eigenvalue weighted by molar-refractivity contribution is 7.17. The van der Waals surface area contributed by atoms with E-state index < -0.39 is 0 Å². The van der Waals surface area contributed by atoms with Gasteiger partial charge in [0, 0.05) is 10.7 Å². The topological polar surface area (TPSA) is 16.8 Å². The Morgan fingerprint density at radius 3 is 2.00 bits per heavy atom. The van der Waals surface area contributed by atoms with E-state index in [0.29, 0.717) is 0 Å².